The van der Waals surface area contributed by atoms with Crippen molar-refractivity contribution in [2.24, 2.45) is 5.92 Å². The van der Waals surface area contributed by atoms with Gasteiger partial charge in [0.1, 0.15) is 11.5 Å². The molecule has 9 nitrogen and oxygen atoms in total. The Labute approximate surface area is 205 Å². The van der Waals surface area contributed by atoms with Gasteiger partial charge < -0.3 is 25.2 Å². The molecule has 0 aliphatic carbocycles. The summed E-state index contributed by atoms with van der Waals surface area (Å²) in [6, 6.07) is 14.0. The molecule has 186 valence electrons. The fraction of sp³-hybridized carbons (Fsp3) is 0.409. The molecule has 1 aliphatic heterocycles. The zero-order chi connectivity index (χ0) is 24.6. The van der Waals surface area contributed by atoms with E-state index in [0.29, 0.717) is 23.8 Å². The number of nitrogens with one attached hydrogen (secondary N) is 3. The molecule has 0 unspecified atom stereocenters. The first-order valence-electron chi connectivity index (χ1n) is 11.0. The van der Waals surface area contributed by atoms with Crippen LogP contribution in [-0.4, -0.2) is 56.1 Å². The Morgan fingerprint density at radius 2 is 1.76 bits per heavy atom. The summed E-state index contributed by atoms with van der Waals surface area (Å²) in [6.07, 6.45) is 3.29. The van der Waals surface area contributed by atoms with E-state index in [1.165, 1.54) is 12.1 Å². The number of ether oxygens (including phenoxy) is 1. The number of amides is 1. The van der Waals surface area contributed by atoms with Gasteiger partial charge in [0.25, 0.3) is 5.91 Å². The Morgan fingerprint density at radius 3 is 2.38 bits per heavy atom. The average molecular weight is 528 g/mol. The smallest absolute Gasteiger partial charge is 0.251 e. The van der Waals surface area contributed by atoms with Crippen molar-refractivity contribution in [2.45, 2.75) is 29.9 Å². The van der Waals surface area contributed by atoms with Gasteiger partial charge in [-0.15, -0.1) is 0 Å². The minimum Gasteiger partial charge on any atom is -0.494 e. The number of carbonyl (C=O) groups is 1. The standard InChI is InChI=1S/C22H30N3O6PS2/c26-22(18-6-8-19(9-7-18)31-15-12-17-10-13-23-14-11-17)24-16-21(32(27,28)33)25-34(29,30)20-4-2-1-3-5-20/h1-9,17,21,23,25H,10-16H2,(H,24,26)(H2,27,28,33)/t21-/m1/s1. The predicted octanol–water partition coefficient (Wildman–Crippen LogP) is 1.78. The van der Waals surface area contributed by atoms with Crippen molar-refractivity contribution in [3.8, 4) is 5.75 Å². The number of sulfonamides is 1. The van der Waals surface area contributed by atoms with Crippen LogP contribution in [-0.2, 0) is 21.8 Å². The molecular formula is C22H30N3O6PS2. The van der Waals surface area contributed by atoms with Gasteiger partial charge in [0.2, 0.25) is 16.5 Å². The average Bonchev–Trinajstić information content (AvgIpc) is 2.82. The van der Waals surface area contributed by atoms with Crippen LogP contribution in [0.2, 0.25) is 0 Å². The third kappa shape index (κ3) is 8.13. The SMILES string of the molecule is O=C(NC[C@H](NS(=O)(=O)c1ccccc1)P(O)(O)=S)c1ccc(OCCC2CCNCC2)cc1. The minimum absolute atomic E-state index is 0.0504. The number of hydrogen-bond acceptors (Lipinski definition) is 6. The lowest BCUT2D eigenvalue weighted by Crippen LogP contribution is -2.43. The second-order valence-electron chi connectivity index (χ2n) is 8.10. The lowest BCUT2D eigenvalue weighted by Gasteiger charge is -2.23. The first kappa shape index (κ1) is 26.7. The highest BCUT2D eigenvalue weighted by atomic mass is 32.5. The van der Waals surface area contributed by atoms with Crippen LogP contribution in [0, 0.1) is 5.92 Å². The van der Waals surface area contributed by atoms with E-state index in [1.807, 2.05) is 0 Å². The van der Waals surface area contributed by atoms with E-state index >= 15 is 0 Å². The van der Waals surface area contributed by atoms with Crippen molar-refractivity contribution >= 4 is 34.2 Å². The fourth-order valence-corrected chi connectivity index (χ4v) is 6.58. The van der Waals surface area contributed by atoms with Gasteiger partial charge in [-0.25, -0.2) is 8.42 Å². The van der Waals surface area contributed by atoms with E-state index in [4.69, 9.17) is 16.5 Å². The number of hydrogen-bond donors (Lipinski definition) is 5. The molecule has 0 saturated carbocycles. The largest absolute Gasteiger partial charge is 0.494 e. The Kier molecular flexibility index (Phi) is 9.61. The molecule has 2 aromatic carbocycles. The summed E-state index contributed by atoms with van der Waals surface area (Å²) < 4.78 is 33.0. The Bertz CT molecular complexity index is 1090. The van der Waals surface area contributed by atoms with Crippen LogP contribution in [0.15, 0.2) is 59.5 Å². The molecule has 2 aromatic rings. The van der Waals surface area contributed by atoms with E-state index in [9.17, 15) is 23.0 Å². The lowest BCUT2D eigenvalue weighted by atomic mass is 9.95. The maximum absolute atomic E-state index is 12.5. The molecule has 0 radical (unpaired) electrons. The van der Waals surface area contributed by atoms with E-state index in [0.717, 1.165) is 32.4 Å². The van der Waals surface area contributed by atoms with Crippen LogP contribution >= 0.6 is 6.49 Å². The van der Waals surface area contributed by atoms with E-state index < -0.39 is 28.2 Å². The maximum atomic E-state index is 12.5. The number of rotatable bonds is 11. The second kappa shape index (κ2) is 12.2. The van der Waals surface area contributed by atoms with E-state index in [-0.39, 0.29) is 11.4 Å². The summed E-state index contributed by atoms with van der Waals surface area (Å²) >= 11 is 4.72. The first-order valence-corrected chi connectivity index (χ1v) is 15.3. The van der Waals surface area contributed by atoms with Crippen LogP contribution in [0.25, 0.3) is 0 Å². The molecule has 1 saturated heterocycles. The zero-order valence-corrected chi connectivity index (χ0v) is 21.1. The maximum Gasteiger partial charge on any atom is 0.251 e. The van der Waals surface area contributed by atoms with Crippen LogP contribution in [0.3, 0.4) is 0 Å². The number of carbonyl (C=O) groups excluding carboxylic acids is 1. The molecular weight excluding hydrogens is 497 g/mol. The van der Waals surface area contributed by atoms with Gasteiger partial charge >= 0.3 is 0 Å². The van der Waals surface area contributed by atoms with E-state index in [1.54, 1.807) is 42.5 Å². The van der Waals surface area contributed by atoms with Crippen molar-refractivity contribution < 1.29 is 27.7 Å². The van der Waals surface area contributed by atoms with Gasteiger partial charge in [-0.3, -0.25) is 4.79 Å². The summed E-state index contributed by atoms with van der Waals surface area (Å²) in [5.74, 6) is -0.640. The molecule has 12 heteroatoms. The topological polar surface area (TPSA) is 137 Å². The van der Waals surface area contributed by atoms with Gasteiger partial charge in [-0.2, -0.15) is 4.72 Å². The summed E-state index contributed by atoms with van der Waals surface area (Å²) in [4.78, 5) is 32.4. The molecule has 0 spiro atoms. The molecule has 1 atom stereocenters. The Balaban J connectivity index is 1.53. The molecule has 34 heavy (non-hydrogen) atoms. The Hall–Kier alpha value is -1.85. The molecule has 5 N–H and O–H groups in total. The summed E-state index contributed by atoms with van der Waals surface area (Å²) in [5, 5.41) is 5.85. The van der Waals surface area contributed by atoms with Crippen LogP contribution in [0.1, 0.15) is 29.6 Å². The molecule has 1 aliphatic rings. The van der Waals surface area contributed by atoms with Gasteiger partial charge in [0.05, 0.1) is 11.5 Å². The molecule has 1 fully saturated rings. The van der Waals surface area contributed by atoms with Crippen molar-refractivity contribution in [3.05, 3.63) is 60.2 Å². The Morgan fingerprint density at radius 1 is 1.12 bits per heavy atom. The number of benzene rings is 2. The molecule has 1 heterocycles. The van der Waals surface area contributed by atoms with Gasteiger partial charge in [0.15, 0.2) is 0 Å². The third-order valence-electron chi connectivity index (χ3n) is 5.58. The zero-order valence-electron chi connectivity index (χ0n) is 18.6. The summed E-state index contributed by atoms with van der Waals surface area (Å²) in [6.45, 7) is -1.75. The van der Waals surface area contributed by atoms with Crippen LogP contribution in [0.5, 0.6) is 5.75 Å². The fourth-order valence-electron chi connectivity index (χ4n) is 3.58. The summed E-state index contributed by atoms with van der Waals surface area (Å²) in [7, 11) is -4.06. The normalized spacial score (nSPS) is 16.1. The molecule has 1 amide bonds. The van der Waals surface area contributed by atoms with Gasteiger partial charge in [-0.1, -0.05) is 18.2 Å². The molecule has 0 bridgehead atoms. The number of piperidine rings is 1. The quantitative estimate of drug-likeness (QED) is 0.279. The van der Waals surface area contributed by atoms with Crippen molar-refractivity contribution in [1.82, 2.24) is 15.4 Å². The monoisotopic (exact) mass is 527 g/mol. The lowest BCUT2D eigenvalue weighted by molar-refractivity contribution is 0.0953. The highest BCUT2D eigenvalue weighted by Crippen LogP contribution is 2.40. The minimum atomic E-state index is -4.07. The molecule has 3 rings (SSSR count). The van der Waals surface area contributed by atoms with Crippen LogP contribution < -0.4 is 20.1 Å². The van der Waals surface area contributed by atoms with E-state index in [2.05, 4.69) is 15.4 Å². The second-order valence-corrected chi connectivity index (χ2v) is 13.2. The van der Waals surface area contributed by atoms with Crippen molar-refractivity contribution in [2.75, 3.05) is 26.2 Å². The van der Waals surface area contributed by atoms with Gasteiger partial charge in [-0.05, 0) is 86.5 Å². The van der Waals surface area contributed by atoms with Gasteiger partial charge in [0, 0.05) is 12.1 Å². The molecule has 0 aromatic heterocycles. The van der Waals surface area contributed by atoms with Crippen LogP contribution in [0.4, 0.5) is 0 Å². The first-order chi connectivity index (χ1) is 16.1. The summed E-state index contributed by atoms with van der Waals surface area (Å²) in [5.41, 5.74) is 0.319. The third-order valence-corrected chi connectivity index (χ3v) is 9.13. The highest BCUT2D eigenvalue weighted by molar-refractivity contribution is 8.09. The highest BCUT2D eigenvalue weighted by Gasteiger charge is 2.30. The van der Waals surface area contributed by atoms with Crippen molar-refractivity contribution in [1.29, 1.82) is 0 Å². The predicted molar refractivity (Wildman–Crippen MR) is 134 cm³/mol. The van der Waals surface area contributed by atoms with Crippen molar-refractivity contribution in [3.63, 3.8) is 0 Å².